The Morgan fingerprint density at radius 3 is 2.22 bits per heavy atom. The summed E-state index contributed by atoms with van der Waals surface area (Å²) >= 11 is 0. The van der Waals surface area contributed by atoms with Crippen molar-refractivity contribution in [3.8, 4) is 0 Å². The summed E-state index contributed by atoms with van der Waals surface area (Å²) in [6.45, 7) is -0.908. The molecule has 0 spiro atoms. The van der Waals surface area contributed by atoms with Crippen molar-refractivity contribution in [3.05, 3.63) is 0 Å². The lowest BCUT2D eigenvalue weighted by atomic mass is 10.1. The molecular formula is C9H14F3NO5. The van der Waals surface area contributed by atoms with Crippen LogP contribution in [0.25, 0.3) is 0 Å². The third kappa shape index (κ3) is 4.09. The number of aliphatic hydroxyl groups is 3. The minimum absolute atomic E-state index is 0.371. The summed E-state index contributed by atoms with van der Waals surface area (Å²) in [6, 6.07) is 0. The number of carbonyl (C=O) groups is 1. The van der Waals surface area contributed by atoms with E-state index in [-0.39, 0.29) is 6.54 Å². The smallest absolute Gasteiger partial charge is 0.394 e. The van der Waals surface area contributed by atoms with Gasteiger partial charge in [-0.05, 0) is 0 Å². The molecule has 1 rings (SSSR count). The summed E-state index contributed by atoms with van der Waals surface area (Å²) in [5.74, 6) is -1.25. The summed E-state index contributed by atoms with van der Waals surface area (Å²) in [5.41, 5.74) is 0. The molecule has 1 heterocycles. The predicted molar refractivity (Wildman–Crippen MR) is 51.4 cm³/mol. The molecule has 0 saturated carbocycles. The molecule has 0 unspecified atom stereocenters. The van der Waals surface area contributed by atoms with E-state index in [0.29, 0.717) is 0 Å². The molecule has 1 amide bonds. The molecule has 0 aromatic carbocycles. The van der Waals surface area contributed by atoms with Gasteiger partial charge in [0.1, 0.15) is 30.8 Å². The Labute approximate surface area is 100 Å². The lowest BCUT2D eigenvalue weighted by Gasteiger charge is -2.15. The van der Waals surface area contributed by atoms with Crippen molar-refractivity contribution in [2.75, 3.05) is 13.2 Å². The normalized spacial score (nSPS) is 32.6. The maximum absolute atomic E-state index is 11.8. The number of hydrogen-bond donors (Lipinski definition) is 4. The molecule has 0 aliphatic carbocycles. The van der Waals surface area contributed by atoms with Crippen LogP contribution in [0.2, 0.25) is 0 Å². The molecule has 1 saturated heterocycles. The van der Waals surface area contributed by atoms with E-state index >= 15 is 0 Å². The zero-order valence-electron chi connectivity index (χ0n) is 9.22. The van der Waals surface area contributed by atoms with Crippen LogP contribution in [0.5, 0.6) is 0 Å². The first-order chi connectivity index (χ1) is 8.24. The summed E-state index contributed by atoms with van der Waals surface area (Å²) < 4.78 is 40.5. The fraction of sp³-hybridized carbons (Fsp3) is 0.889. The van der Waals surface area contributed by atoms with Gasteiger partial charge in [0, 0.05) is 6.54 Å². The average Bonchev–Trinajstić information content (AvgIpc) is 2.51. The maximum Gasteiger partial charge on any atom is 0.397 e. The van der Waals surface area contributed by atoms with Crippen LogP contribution in [0.1, 0.15) is 6.42 Å². The van der Waals surface area contributed by atoms with Crippen molar-refractivity contribution in [3.63, 3.8) is 0 Å². The number of aliphatic hydroxyl groups excluding tert-OH is 3. The molecular weight excluding hydrogens is 259 g/mol. The van der Waals surface area contributed by atoms with E-state index in [9.17, 15) is 28.2 Å². The molecule has 4 N–H and O–H groups in total. The Morgan fingerprint density at radius 1 is 1.22 bits per heavy atom. The quantitative estimate of drug-likeness (QED) is 0.501. The molecule has 4 atom stereocenters. The van der Waals surface area contributed by atoms with Crippen molar-refractivity contribution in [1.29, 1.82) is 0 Å². The highest BCUT2D eigenvalue weighted by Crippen LogP contribution is 2.21. The van der Waals surface area contributed by atoms with Gasteiger partial charge in [-0.1, -0.05) is 0 Å². The largest absolute Gasteiger partial charge is 0.397 e. The third-order valence-corrected chi connectivity index (χ3v) is 2.50. The van der Waals surface area contributed by atoms with Crippen LogP contribution in [0.4, 0.5) is 13.2 Å². The molecule has 0 aromatic heterocycles. The van der Waals surface area contributed by atoms with Crippen LogP contribution in [-0.4, -0.2) is 65.0 Å². The Morgan fingerprint density at radius 2 is 1.78 bits per heavy atom. The molecule has 106 valence electrons. The topological polar surface area (TPSA) is 99.0 Å². The molecule has 0 aromatic rings. The highest BCUT2D eigenvalue weighted by molar-refractivity contribution is 5.76. The zero-order chi connectivity index (χ0) is 13.9. The van der Waals surface area contributed by atoms with Crippen molar-refractivity contribution in [2.24, 2.45) is 0 Å². The van der Waals surface area contributed by atoms with Crippen LogP contribution >= 0.6 is 0 Å². The number of hydrogen-bond acceptors (Lipinski definition) is 5. The minimum Gasteiger partial charge on any atom is -0.394 e. The minimum atomic E-state index is -4.60. The first kappa shape index (κ1) is 15.2. The van der Waals surface area contributed by atoms with Gasteiger partial charge in [-0.3, -0.25) is 4.79 Å². The van der Waals surface area contributed by atoms with Gasteiger partial charge in [-0.25, -0.2) is 0 Å². The molecule has 1 fully saturated rings. The number of ether oxygens (including phenoxy) is 1. The van der Waals surface area contributed by atoms with Gasteiger partial charge in [0.2, 0.25) is 5.91 Å². The molecule has 1 aliphatic heterocycles. The fourth-order valence-corrected chi connectivity index (χ4v) is 1.60. The number of rotatable bonds is 4. The van der Waals surface area contributed by atoms with Crippen molar-refractivity contribution in [1.82, 2.24) is 5.32 Å². The first-order valence-corrected chi connectivity index (χ1v) is 5.20. The second kappa shape index (κ2) is 5.83. The van der Waals surface area contributed by atoms with Gasteiger partial charge in [-0.15, -0.1) is 0 Å². The van der Waals surface area contributed by atoms with Gasteiger partial charge in [0.25, 0.3) is 0 Å². The Bertz CT molecular complexity index is 298. The van der Waals surface area contributed by atoms with Gasteiger partial charge in [-0.2, -0.15) is 13.2 Å². The van der Waals surface area contributed by atoms with E-state index in [2.05, 4.69) is 0 Å². The Kier molecular flexibility index (Phi) is 4.91. The van der Waals surface area contributed by atoms with E-state index in [0.717, 1.165) is 0 Å². The average molecular weight is 273 g/mol. The van der Waals surface area contributed by atoms with Crippen LogP contribution in [-0.2, 0) is 9.53 Å². The van der Waals surface area contributed by atoms with Crippen LogP contribution in [0, 0.1) is 0 Å². The van der Waals surface area contributed by atoms with Crippen molar-refractivity contribution < 1.29 is 38.0 Å². The van der Waals surface area contributed by atoms with Gasteiger partial charge in [0.15, 0.2) is 0 Å². The monoisotopic (exact) mass is 273 g/mol. The van der Waals surface area contributed by atoms with Crippen molar-refractivity contribution >= 4 is 5.91 Å². The Balaban J connectivity index is 2.38. The second-order valence-electron chi connectivity index (χ2n) is 3.97. The second-order valence-corrected chi connectivity index (χ2v) is 3.97. The van der Waals surface area contributed by atoms with Gasteiger partial charge >= 0.3 is 6.18 Å². The lowest BCUT2D eigenvalue weighted by molar-refractivity contribution is -0.154. The lowest BCUT2D eigenvalue weighted by Crippen LogP contribution is -2.40. The van der Waals surface area contributed by atoms with E-state index < -0.39 is 49.5 Å². The summed E-state index contributed by atoms with van der Waals surface area (Å²) in [7, 11) is 0. The third-order valence-electron chi connectivity index (χ3n) is 2.50. The van der Waals surface area contributed by atoms with E-state index in [1.165, 1.54) is 0 Å². The van der Waals surface area contributed by atoms with E-state index in [4.69, 9.17) is 9.84 Å². The highest BCUT2D eigenvalue weighted by Gasteiger charge is 2.42. The zero-order valence-corrected chi connectivity index (χ0v) is 9.22. The molecule has 1 aliphatic rings. The van der Waals surface area contributed by atoms with E-state index in [1.54, 1.807) is 0 Å². The van der Waals surface area contributed by atoms with Crippen LogP contribution in [0.15, 0.2) is 0 Å². The van der Waals surface area contributed by atoms with Gasteiger partial charge < -0.3 is 25.4 Å². The highest BCUT2D eigenvalue weighted by atomic mass is 19.4. The summed E-state index contributed by atoms with van der Waals surface area (Å²) in [4.78, 5) is 10.9. The molecule has 0 radical (unpaired) electrons. The molecule has 0 bridgehead atoms. The van der Waals surface area contributed by atoms with Gasteiger partial charge in [0.05, 0.1) is 6.61 Å². The fourth-order valence-electron chi connectivity index (χ4n) is 1.60. The standard InChI is InChI=1S/C9H14F3NO5/c10-9(11,12)1-6(15)13-2-4-7(16)8(17)5(3-14)18-4/h4-5,7-8,14,16-17H,1-3H2,(H,13,15)/t4-,5-,7-,8-/m1/s1. The maximum atomic E-state index is 11.8. The number of halogens is 3. The SMILES string of the molecule is O=C(CC(F)(F)F)NC[C@H]1O[C@H](CO)[C@@H](O)[C@@H]1O. The predicted octanol–water partition coefficient (Wildman–Crippen LogP) is -1.46. The number of alkyl halides is 3. The summed E-state index contributed by atoms with van der Waals surface area (Å²) in [5, 5.41) is 29.5. The number of carbonyl (C=O) groups excluding carboxylic acids is 1. The molecule has 6 nitrogen and oxygen atoms in total. The van der Waals surface area contributed by atoms with Crippen molar-refractivity contribution in [2.45, 2.75) is 37.0 Å². The number of nitrogens with one attached hydrogen (secondary N) is 1. The van der Waals surface area contributed by atoms with Crippen LogP contribution < -0.4 is 5.32 Å². The summed E-state index contributed by atoms with van der Waals surface area (Å²) in [6.07, 6.45) is -11.0. The Hall–Kier alpha value is -0.900. The van der Waals surface area contributed by atoms with E-state index in [1.807, 2.05) is 5.32 Å². The first-order valence-electron chi connectivity index (χ1n) is 5.20. The number of amides is 1. The molecule has 9 heteroatoms. The molecule has 18 heavy (non-hydrogen) atoms. The van der Waals surface area contributed by atoms with Crippen LogP contribution in [0.3, 0.4) is 0 Å².